The van der Waals surface area contributed by atoms with Crippen LogP contribution in [0.2, 0.25) is 0 Å². The average molecular weight is 337 g/mol. The fraction of sp³-hybridized carbons (Fsp3) is 0.118. The molecule has 0 aliphatic carbocycles. The number of hydrogen-bond acceptors (Lipinski definition) is 5. The first kappa shape index (κ1) is 16.3. The second-order valence-electron chi connectivity index (χ2n) is 5.47. The van der Waals surface area contributed by atoms with Crippen molar-refractivity contribution in [3.8, 4) is 5.69 Å². The number of benzene rings is 1. The number of carbonyl (C=O) groups excluding carboxylic acids is 1. The molecule has 0 radical (unpaired) electrons. The number of hydrogen-bond donors (Lipinski definition) is 0. The summed E-state index contributed by atoms with van der Waals surface area (Å²) in [6, 6.07) is 9.68. The lowest BCUT2D eigenvalue weighted by Gasteiger charge is -2.15. The monoisotopic (exact) mass is 337 g/mol. The summed E-state index contributed by atoms with van der Waals surface area (Å²) >= 11 is 0. The minimum absolute atomic E-state index is 0.00316. The predicted molar refractivity (Wildman–Crippen MR) is 90.3 cm³/mol. The molecule has 0 aliphatic rings. The van der Waals surface area contributed by atoms with E-state index >= 15 is 0 Å². The lowest BCUT2D eigenvalue weighted by atomic mass is 10.2. The molecule has 0 bridgehead atoms. The summed E-state index contributed by atoms with van der Waals surface area (Å²) in [5.41, 5.74) is 2.01. The van der Waals surface area contributed by atoms with Gasteiger partial charge in [0.1, 0.15) is 0 Å². The van der Waals surface area contributed by atoms with Gasteiger partial charge >= 0.3 is 0 Å². The van der Waals surface area contributed by atoms with Crippen molar-refractivity contribution in [3.05, 3.63) is 82.4 Å². The molecule has 2 aromatic heterocycles. The lowest BCUT2D eigenvalue weighted by molar-refractivity contribution is -0.384. The number of carbonyl (C=O) groups is 1. The molecule has 0 spiro atoms. The molecule has 25 heavy (non-hydrogen) atoms. The largest absolute Gasteiger partial charge is 0.337 e. The molecule has 8 nitrogen and oxygen atoms in total. The van der Waals surface area contributed by atoms with Crippen LogP contribution in [0, 0.1) is 10.1 Å². The number of pyridine rings is 1. The van der Waals surface area contributed by atoms with Crippen LogP contribution in [0.4, 0.5) is 5.69 Å². The van der Waals surface area contributed by atoms with Gasteiger partial charge in [-0.2, -0.15) is 5.10 Å². The number of nitro benzene ring substituents is 1. The number of non-ortho nitro benzene ring substituents is 1. The Morgan fingerprint density at radius 3 is 2.64 bits per heavy atom. The van der Waals surface area contributed by atoms with E-state index in [2.05, 4.69) is 10.1 Å². The first-order valence-electron chi connectivity index (χ1n) is 7.48. The van der Waals surface area contributed by atoms with Crippen LogP contribution in [0.5, 0.6) is 0 Å². The van der Waals surface area contributed by atoms with Gasteiger partial charge < -0.3 is 4.90 Å². The molecule has 0 saturated carbocycles. The van der Waals surface area contributed by atoms with E-state index in [1.54, 1.807) is 42.7 Å². The van der Waals surface area contributed by atoms with E-state index in [1.165, 1.54) is 23.0 Å². The van der Waals surface area contributed by atoms with Crippen molar-refractivity contribution in [2.24, 2.45) is 0 Å². The van der Waals surface area contributed by atoms with Gasteiger partial charge in [-0.05, 0) is 23.8 Å². The zero-order valence-electron chi connectivity index (χ0n) is 13.4. The molecule has 2 heterocycles. The Bertz CT molecular complexity index is 890. The van der Waals surface area contributed by atoms with Crippen LogP contribution >= 0.6 is 0 Å². The highest BCUT2D eigenvalue weighted by Crippen LogP contribution is 2.16. The normalized spacial score (nSPS) is 10.4. The van der Waals surface area contributed by atoms with Gasteiger partial charge in [0.25, 0.3) is 11.6 Å². The van der Waals surface area contributed by atoms with E-state index in [4.69, 9.17) is 0 Å². The number of rotatable bonds is 5. The first-order chi connectivity index (χ1) is 12.0. The maximum atomic E-state index is 12.5. The van der Waals surface area contributed by atoms with Gasteiger partial charge in [-0.3, -0.25) is 19.9 Å². The molecule has 0 unspecified atom stereocenters. The number of nitrogens with zero attached hydrogens (tertiary/aromatic N) is 5. The Hall–Kier alpha value is -3.55. The van der Waals surface area contributed by atoms with E-state index in [9.17, 15) is 14.9 Å². The van der Waals surface area contributed by atoms with Crippen molar-refractivity contribution in [2.75, 3.05) is 7.05 Å². The highest BCUT2D eigenvalue weighted by Gasteiger charge is 2.15. The fourth-order valence-electron chi connectivity index (χ4n) is 2.36. The predicted octanol–water partition coefficient (Wildman–Crippen LogP) is 2.45. The number of aromatic nitrogens is 3. The summed E-state index contributed by atoms with van der Waals surface area (Å²) in [4.78, 5) is 28.3. The molecule has 126 valence electrons. The molecule has 1 aromatic carbocycles. The Labute approximate surface area is 143 Å². The molecule has 0 saturated heterocycles. The van der Waals surface area contributed by atoms with Crippen molar-refractivity contribution in [1.29, 1.82) is 0 Å². The van der Waals surface area contributed by atoms with Gasteiger partial charge in [-0.25, -0.2) is 4.68 Å². The molecule has 1 amide bonds. The van der Waals surface area contributed by atoms with Gasteiger partial charge in [-0.15, -0.1) is 0 Å². The Morgan fingerprint density at radius 1 is 1.24 bits per heavy atom. The van der Waals surface area contributed by atoms with E-state index in [0.29, 0.717) is 17.8 Å². The standard InChI is InChI=1S/C17H15N5O3/c1-20(11-13-3-2-8-18-9-13)17(23)14-10-19-21(12-14)15-4-6-16(7-5-15)22(24)25/h2-10,12H,11H2,1H3. The summed E-state index contributed by atoms with van der Waals surface area (Å²) in [6.45, 7) is 0.440. The van der Waals surface area contributed by atoms with Crippen LogP contribution in [0.25, 0.3) is 5.69 Å². The first-order valence-corrected chi connectivity index (χ1v) is 7.48. The molecular weight excluding hydrogens is 322 g/mol. The average Bonchev–Trinajstić information content (AvgIpc) is 3.12. The molecule has 3 aromatic rings. The number of nitro groups is 1. The molecule has 3 rings (SSSR count). The number of amides is 1. The lowest BCUT2D eigenvalue weighted by Crippen LogP contribution is -2.25. The second-order valence-corrected chi connectivity index (χ2v) is 5.47. The zero-order chi connectivity index (χ0) is 17.8. The highest BCUT2D eigenvalue weighted by atomic mass is 16.6. The van der Waals surface area contributed by atoms with Crippen LogP contribution in [-0.2, 0) is 6.54 Å². The molecule has 0 N–H and O–H groups in total. The summed E-state index contributed by atoms with van der Waals surface area (Å²) < 4.78 is 1.51. The molecule has 0 aliphatic heterocycles. The Balaban J connectivity index is 1.74. The van der Waals surface area contributed by atoms with Crippen LogP contribution in [0.15, 0.2) is 61.2 Å². The zero-order valence-corrected chi connectivity index (χ0v) is 13.4. The quantitative estimate of drug-likeness (QED) is 0.526. The van der Waals surface area contributed by atoms with Crippen molar-refractivity contribution in [2.45, 2.75) is 6.54 Å². The fourth-order valence-corrected chi connectivity index (χ4v) is 2.36. The molecule has 0 atom stereocenters. The van der Waals surface area contributed by atoms with E-state index in [0.717, 1.165) is 5.56 Å². The van der Waals surface area contributed by atoms with Gasteiger partial charge in [-0.1, -0.05) is 6.07 Å². The van der Waals surface area contributed by atoms with Crippen LogP contribution in [-0.4, -0.2) is 37.5 Å². The second kappa shape index (κ2) is 6.91. The Morgan fingerprint density at radius 2 is 2.00 bits per heavy atom. The summed E-state index contributed by atoms with van der Waals surface area (Å²) in [5, 5.41) is 14.9. The topological polar surface area (TPSA) is 94.2 Å². The van der Waals surface area contributed by atoms with Crippen molar-refractivity contribution in [1.82, 2.24) is 19.7 Å². The van der Waals surface area contributed by atoms with Crippen LogP contribution in [0.3, 0.4) is 0 Å². The van der Waals surface area contributed by atoms with E-state index in [1.807, 2.05) is 12.1 Å². The maximum Gasteiger partial charge on any atom is 0.269 e. The van der Waals surface area contributed by atoms with Gasteiger partial charge in [0, 0.05) is 44.3 Å². The summed E-state index contributed by atoms with van der Waals surface area (Å²) in [6.07, 6.45) is 6.47. The molecule has 8 heteroatoms. The highest BCUT2D eigenvalue weighted by molar-refractivity contribution is 5.93. The van der Waals surface area contributed by atoms with Crippen LogP contribution in [0.1, 0.15) is 15.9 Å². The SMILES string of the molecule is CN(Cc1cccnc1)C(=O)c1cnn(-c2ccc([N+](=O)[O-])cc2)c1. The third-order valence-electron chi connectivity index (χ3n) is 3.64. The van der Waals surface area contributed by atoms with Crippen LogP contribution < -0.4 is 0 Å². The maximum absolute atomic E-state index is 12.5. The minimum Gasteiger partial charge on any atom is -0.337 e. The minimum atomic E-state index is -0.463. The summed E-state index contributed by atoms with van der Waals surface area (Å²) in [7, 11) is 1.71. The van der Waals surface area contributed by atoms with Gasteiger partial charge in [0.15, 0.2) is 0 Å². The van der Waals surface area contributed by atoms with Gasteiger partial charge in [0.2, 0.25) is 0 Å². The Kier molecular flexibility index (Phi) is 4.51. The van der Waals surface area contributed by atoms with Crippen molar-refractivity contribution >= 4 is 11.6 Å². The molecule has 0 fully saturated rings. The summed E-state index contributed by atoms with van der Waals surface area (Å²) in [5.74, 6) is -0.169. The third-order valence-corrected chi connectivity index (χ3v) is 3.64. The third kappa shape index (κ3) is 3.69. The van der Waals surface area contributed by atoms with Crippen molar-refractivity contribution < 1.29 is 9.72 Å². The van der Waals surface area contributed by atoms with E-state index in [-0.39, 0.29) is 11.6 Å². The van der Waals surface area contributed by atoms with E-state index < -0.39 is 4.92 Å². The van der Waals surface area contributed by atoms with Gasteiger partial charge in [0.05, 0.1) is 22.4 Å². The molecular formula is C17H15N5O3. The smallest absolute Gasteiger partial charge is 0.269 e. The van der Waals surface area contributed by atoms with Crippen molar-refractivity contribution in [3.63, 3.8) is 0 Å².